The Hall–Kier alpha value is -2.28. The van der Waals surface area contributed by atoms with E-state index in [0.717, 1.165) is 12.1 Å². The molecule has 21 heavy (non-hydrogen) atoms. The number of allylic oxidation sites excluding steroid dienone is 1. The van der Waals surface area contributed by atoms with Crippen molar-refractivity contribution in [2.45, 2.75) is 13.8 Å². The molecule has 2 N–H and O–H groups in total. The zero-order chi connectivity index (χ0) is 15.7. The number of non-ortho nitro benzene ring substituents is 1. The van der Waals surface area contributed by atoms with Gasteiger partial charge in [0, 0.05) is 24.9 Å². The highest BCUT2D eigenvalue weighted by molar-refractivity contribution is 7.80. The molecule has 0 aliphatic carbocycles. The van der Waals surface area contributed by atoms with E-state index in [2.05, 4.69) is 29.7 Å². The highest BCUT2D eigenvalue weighted by atomic mass is 32.1. The van der Waals surface area contributed by atoms with Crippen LogP contribution in [0.4, 0.5) is 5.69 Å². The van der Waals surface area contributed by atoms with Gasteiger partial charge in [-0.3, -0.25) is 15.5 Å². The van der Waals surface area contributed by atoms with Gasteiger partial charge in [-0.2, -0.15) is 5.10 Å². The summed E-state index contributed by atoms with van der Waals surface area (Å²) in [7, 11) is 0. The molecule has 1 aromatic rings. The summed E-state index contributed by atoms with van der Waals surface area (Å²) >= 11 is 5.03. The molecular formula is C14H18N4O2S. The largest absolute Gasteiger partial charge is 0.361 e. The molecule has 0 unspecified atom stereocenters. The maximum absolute atomic E-state index is 10.5. The number of nitro groups is 1. The van der Waals surface area contributed by atoms with Gasteiger partial charge in [0.2, 0.25) is 0 Å². The maximum Gasteiger partial charge on any atom is 0.269 e. The van der Waals surface area contributed by atoms with E-state index in [4.69, 9.17) is 12.2 Å². The second kappa shape index (κ2) is 8.80. The first-order chi connectivity index (χ1) is 9.99. The van der Waals surface area contributed by atoms with E-state index in [1.807, 2.05) is 0 Å². The predicted octanol–water partition coefficient (Wildman–Crippen LogP) is 2.71. The van der Waals surface area contributed by atoms with Crippen molar-refractivity contribution in [3.63, 3.8) is 0 Å². The molecule has 0 fully saturated rings. The van der Waals surface area contributed by atoms with Crippen molar-refractivity contribution in [3.05, 3.63) is 46.0 Å². The molecule has 0 atom stereocenters. The molecule has 0 heterocycles. The molecule has 0 spiro atoms. The lowest BCUT2D eigenvalue weighted by atomic mass is 10.2. The molecular weight excluding hydrogens is 288 g/mol. The number of benzene rings is 1. The maximum atomic E-state index is 10.5. The lowest BCUT2D eigenvalue weighted by molar-refractivity contribution is -0.384. The number of nitro benzene ring substituents is 1. The number of nitrogens with zero attached hydrogens (tertiary/aromatic N) is 2. The Morgan fingerprint density at radius 3 is 2.67 bits per heavy atom. The van der Waals surface area contributed by atoms with Crippen LogP contribution >= 0.6 is 12.2 Å². The summed E-state index contributed by atoms with van der Waals surface area (Å²) in [5.74, 6) is 0.510. The molecule has 0 saturated carbocycles. The molecule has 0 radical (unpaired) electrons. The second-order valence-corrected chi connectivity index (χ2v) is 5.11. The zero-order valence-electron chi connectivity index (χ0n) is 11.9. The topological polar surface area (TPSA) is 79.6 Å². The van der Waals surface area contributed by atoms with Crippen LogP contribution in [0.2, 0.25) is 0 Å². The number of nitrogens with one attached hydrogen (secondary N) is 2. The highest BCUT2D eigenvalue weighted by Crippen LogP contribution is 2.12. The fraction of sp³-hybridized carbons (Fsp3) is 0.286. The van der Waals surface area contributed by atoms with Crippen LogP contribution in [0.3, 0.4) is 0 Å². The van der Waals surface area contributed by atoms with Crippen molar-refractivity contribution in [1.82, 2.24) is 10.7 Å². The lowest BCUT2D eigenvalue weighted by Crippen LogP contribution is -2.34. The number of thiocarbonyl (C=S) groups is 1. The first-order valence-electron chi connectivity index (χ1n) is 6.47. The highest BCUT2D eigenvalue weighted by Gasteiger charge is 2.01. The Bertz CT molecular complexity index is 538. The molecule has 112 valence electrons. The molecule has 0 amide bonds. The van der Waals surface area contributed by atoms with E-state index < -0.39 is 4.92 Å². The van der Waals surface area contributed by atoms with Crippen LogP contribution in [0.25, 0.3) is 6.08 Å². The molecule has 0 saturated heterocycles. The third-order valence-corrected chi connectivity index (χ3v) is 2.63. The average molecular weight is 306 g/mol. The van der Waals surface area contributed by atoms with Gasteiger partial charge < -0.3 is 5.32 Å². The Morgan fingerprint density at radius 1 is 1.43 bits per heavy atom. The van der Waals surface area contributed by atoms with E-state index >= 15 is 0 Å². The molecule has 1 aromatic carbocycles. The van der Waals surface area contributed by atoms with Crippen molar-refractivity contribution >= 4 is 35.3 Å². The normalized spacial score (nSPS) is 11.2. The van der Waals surface area contributed by atoms with Gasteiger partial charge in [0.1, 0.15) is 0 Å². The van der Waals surface area contributed by atoms with Gasteiger partial charge in [-0.25, -0.2) is 0 Å². The molecule has 0 aliphatic heterocycles. The summed E-state index contributed by atoms with van der Waals surface area (Å²) in [6.07, 6.45) is 5.07. The first kappa shape index (κ1) is 16.8. The minimum absolute atomic E-state index is 0.0732. The number of rotatable bonds is 6. The third kappa shape index (κ3) is 7.17. The van der Waals surface area contributed by atoms with Gasteiger partial charge in [0.05, 0.1) is 4.92 Å². The van der Waals surface area contributed by atoms with Gasteiger partial charge in [-0.05, 0) is 41.9 Å². The molecule has 0 aromatic heterocycles. The van der Waals surface area contributed by atoms with E-state index in [1.165, 1.54) is 12.1 Å². The summed E-state index contributed by atoms with van der Waals surface area (Å²) < 4.78 is 0. The van der Waals surface area contributed by atoms with Crippen molar-refractivity contribution in [2.75, 3.05) is 6.54 Å². The third-order valence-electron chi connectivity index (χ3n) is 2.39. The Kier molecular flexibility index (Phi) is 7.03. The first-order valence-corrected chi connectivity index (χ1v) is 6.88. The van der Waals surface area contributed by atoms with Crippen molar-refractivity contribution in [2.24, 2.45) is 11.0 Å². The monoisotopic (exact) mass is 306 g/mol. The summed E-state index contributed by atoms with van der Waals surface area (Å²) in [6, 6.07) is 6.26. The van der Waals surface area contributed by atoms with Crippen LogP contribution in [0.1, 0.15) is 19.4 Å². The quantitative estimate of drug-likeness (QED) is 0.365. The summed E-state index contributed by atoms with van der Waals surface area (Å²) in [5, 5.41) is 17.9. The average Bonchev–Trinajstić information content (AvgIpc) is 2.45. The molecule has 1 rings (SSSR count). The van der Waals surface area contributed by atoms with Gasteiger partial charge in [-0.1, -0.05) is 19.9 Å². The number of hydrogen-bond donors (Lipinski definition) is 2. The van der Waals surface area contributed by atoms with E-state index in [9.17, 15) is 10.1 Å². The number of hydrogen-bond acceptors (Lipinski definition) is 4. The minimum Gasteiger partial charge on any atom is -0.361 e. The lowest BCUT2D eigenvalue weighted by Gasteiger charge is -2.08. The summed E-state index contributed by atoms with van der Waals surface area (Å²) in [4.78, 5) is 10.1. The van der Waals surface area contributed by atoms with Crippen molar-refractivity contribution in [1.29, 1.82) is 0 Å². The molecule has 6 nitrogen and oxygen atoms in total. The van der Waals surface area contributed by atoms with Crippen LogP contribution in [0.15, 0.2) is 35.4 Å². The van der Waals surface area contributed by atoms with Crippen LogP contribution in [-0.2, 0) is 0 Å². The summed E-state index contributed by atoms with van der Waals surface area (Å²) in [5.41, 5.74) is 3.62. The van der Waals surface area contributed by atoms with Crippen molar-refractivity contribution < 1.29 is 4.92 Å². The van der Waals surface area contributed by atoms with Gasteiger partial charge in [0.25, 0.3) is 5.69 Å². The summed E-state index contributed by atoms with van der Waals surface area (Å²) in [6.45, 7) is 4.97. The molecule has 0 aliphatic rings. The second-order valence-electron chi connectivity index (χ2n) is 4.70. The van der Waals surface area contributed by atoms with E-state index in [1.54, 1.807) is 30.5 Å². The minimum atomic E-state index is -0.427. The zero-order valence-corrected chi connectivity index (χ0v) is 12.8. The van der Waals surface area contributed by atoms with E-state index in [-0.39, 0.29) is 5.69 Å². The standard InChI is InChI=1S/C14H18N4O2S/c1-11(2)10-15-14(21)17-16-9-3-4-12-5-7-13(8-6-12)18(19)20/h3-9,11H,10H2,1-2H3,(H2,15,17,21)/b4-3+,16-9+. The van der Waals surface area contributed by atoms with Gasteiger partial charge in [0.15, 0.2) is 5.11 Å². The van der Waals surface area contributed by atoms with Crippen LogP contribution in [0, 0.1) is 16.0 Å². The SMILES string of the molecule is CC(C)CNC(=S)N/N=C/C=C/c1ccc([N+](=O)[O-])cc1. The number of hydrazone groups is 1. The smallest absolute Gasteiger partial charge is 0.269 e. The van der Waals surface area contributed by atoms with Gasteiger partial charge in [-0.15, -0.1) is 0 Å². The van der Waals surface area contributed by atoms with Gasteiger partial charge >= 0.3 is 0 Å². The van der Waals surface area contributed by atoms with Crippen LogP contribution in [0.5, 0.6) is 0 Å². The Morgan fingerprint density at radius 2 is 2.10 bits per heavy atom. The fourth-order valence-corrected chi connectivity index (χ4v) is 1.47. The molecule has 7 heteroatoms. The Balaban J connectivity index is 2.38. The fourth-order valence-electron chi connectivity index (χ4n) is 1.34. The molecule has 0 bridgehead atoms. The van der Waals surface area contributed by atoms with Crippen molar-refractivity contribution in [3.8, 4) is 0 Å². The van der Waals surface area contributed by atoms with Crippen LogP contribution in [-0.4, -0.2) is 22.8 Å². The van der Waals surface area contributed by atoms with E-state index in [0.29, 0.717) is 11.0 Å². The predicted molar refractivity (Wildman–Crippen MR) is 89.2 cm³/mol. The Labute approximate surface area is 129 Å². The van der Waals surface area contributed by atoms with Crippen LogP contribution < -0.4 is 10.7 Å².